The number of carbonyl (C=O) groups excluding carboxylic acids is 1. The molecule has 0 radical (unpaired) electrons. The lowest BCUT2D eigenvalue weighted by Crippen LogP contribution is -2.18. The van der Waals surface area contributed by atoms with Crippen molar-refractivity contribution in [2.24, 2.45) is 11.5 Å². The van der Waals surface area contributed by atoms with Crippen molar-refractivity contribution < 1.29 is 29.3 Å². The first-order chi connectivity index (χ1) is 9.27. The summed E-state index contributed by atoms with van der Waals surface area (Å²) in [4.78, 5) is 29.2. The number of carboxylic acid groups (broad SMARTS) is 2. The Labute approximate surface area is 119 Å². The number of carbonyl (C=O) groups is 3. The van der Waals surface area contributed by atoms with Gasteiger partial charge in [0.1, 0.15) is 0 Å². The maximum absolute atomic E-state index is 10.1. The molecule has 0 unspecified atom stereocenters. The quantitative estimate of drug-likeness (QED) is 0.493. The molecule has 8 heteroatoms. The number of urea groups is 1. The molecule has 0 aliphatic carbocycles. The molecule has 0 atom stereocenters. The number of amides is 2. The van der Waals surface area contributed by atoms with Gasteiger partial charge in [-0.2, -0.15) is 0 Å². The van der Waals surface area contributed by atoms with Crippen molar-refractivity contribution in [2.75, 3.05) is 14.2 Å². The predicted octanol–water partition coefficient (Wildman–Crippen LogP) is 1.17. The summed E-state index contributed by atoms with van der Waals surface area (Å²) in [6.07, 6.45) is 4.53. The van der Waals surface area contributed by atoms with E-state index in [2.05, 4.69) is 16.2 Å². The van der Waals surface area contributed by atoms with Crippen LogP contribution in [0.1, 0.15) is 44.9 Å². The number of hydrogen-bond donors (Lipinski definition) is 4. The van der Waals surface area contributed by atoms with Gasteiger partial charge in [0.05, 0.1) is 0 Å². The van der Waals surface area contributed by atoms with E-state index in [0.29, 0.717) is 12.8 Å². The molecule has 8 nitrogen and oxygen atoms in total. The van der Waals surface area contributed by atoms with Crippen LogP contribution in [-0.4, -0.2) is 42.4 Å². The van der Waals surface area contributed by atoms with E-state index in [0.717, 1.165) is 19.3 Å². The number of ether oxygens (including phenoxy) is 1. The smallest absolute Gasteiger partial charge is 0.309 e. The minimum absolute atomic E-state index is 0.221. The monoisotopic (exact) mass is 294 g/mol. The van der Waals surface area contributed by atoms with Crippen LogP contribution >= 0.6 is 0 Å². The number of methoxy groups -OCH3 is 1. The third-order valence-corrected chi connectivity index (χ3v) is 1.78. The van der Waals surface area contributed by atoms with Crippen LogP contribution in [0, 0.1) is 0 Å². The number of rotatable bonds is 8. The Morgan fingerprint density at radius 2 is 1.00 bits per heavy atom. The van der Waals surface area contributed by atoms with Gasteiger partial charge in [-0.05, 0) is 12.8 Å². The molecule has 2 amide bonds. The molecular formula is C12H26N2O6. The van der Waals surface area contributed by atoms with Crippen LogP contribution in [0.3, 0.4) is 0 Å². The average molecular weight is 294 g/mol. The predicted molar refractivity (Wildman–Crippen MR) is 74.3 cm³/mol. The molecule has 0 aliphatic rings. The Balaban J connectivity index is -0.000000343. The van der Waals surface area contributed by atoms with Gasteiger partial charge >= 0.3 is 18.0 Å². The second-order valence-corrected chi connectivity index (χ2v) is 3.87. The fraction of sp³-hybridized carbons (Fsp3) is 0.750. The van der Waals surface area contributed by atoms with Gasteiger partial charge in [0.2, 0.25) is 0 Å². The summed E-state index contributed by atoms with van der Waals surface area (Å²) in [6.45, 7) is 0. The van der Waals surface area contributed by atoms with Gasteiger partial charge in [-0.3, -0.25) is 9.59 Å². The molecule has 0 rings (SSSR count). The van der Waals surface area contributed by atoms with E-state index in [9.17, 15) is 9.59 Å². The molecule has 20 heavy (non-hydrogen) atoms. The summed E-state index contributed by atoms with van der Waals surface area (Å²) in [6, 6.07) is -0.833. The highest BCUT2D eigenvalue weighted by Crippen LogP contribution is 2.06. The highest BCUT2D eigenvalue weighted by molar-refractivity contribution is 5.69. The lowest BCUT2D eigenvalue weighted by Gasteiger charge is -1.97. The van der Waals surface area contributed by atoms with E-state index >= 15 is 0 Å². The first kappa shape index (κ1) is 23.3. The highest BCUT2D eigenvalue weighted by Gasteiger charge is 1.98. The second-order valence-electron chi connectivity index (χ2n) is 3.87. The topological polar surface area (TPSA) is 153 Å². The van der Waals surface area contributed by atoms with Crippen molar-refractivity contribution in [3.63, 3.8) is 0 Å². The van der Waals surface area contributed by atoms with Crippen molar-refractivity contribution >= 4 is 18.0 Å². The second kappa shape index (κ2) is 19.5. The molecule has 0 spiro atoms. The van der Waals surface area contributed by atoms with E-state index < -0.39 is 18.0 Å². The van der Waals surface area contributed by atoms with Crippen molar-refractivity contribution in [3.8, 4) is 0 Å². The fourth-order valence-electron chi connectivity index (χ4n) is 1.08. The summed E-state index contributed by atoms with van der Waals surface area (Å²) < 4.78 is 4.25. The lowest BCUT2D eigenvalue weighted by molar-refractivity contribution is -0.138. The average Bonchev–Trinajstić information content (AvgIpc) is 2.27. The molecule has 0 heterocycles. The Morgan fingerprint density at radius 1 is 0.800 bits per heavy atom. The van der Waals surface area contributed by atoms with E-state index in [-0.39, 0.29) is 12.8 Å². The molecule has 120 valence electrons. The van der Waals surface area contributed by atoms with Gasteiger partial charge in [-0.15, -0.1) is 0 Å². The maximum Gasteiger partial charge on any atom is 0.309 e. The summed E-state index contributed by atoms with van der Waals surface area (Å²) in [7, 11) is 3.25. The summed E-state index contributed by atoms with van der Waals surface area (Å²) >= 11 is 0. The summed E-state index contributed by atoms with van der Waals surface area (Å²) in [5, 5.41) is 16.6. The summed E-state index contributed by atoms with van der Waals surface area (Å²) in [5.41, 5.74) is 8.50. The first-order valence-electron chi connectivity index (χ1n) is 6.16. The van der Waals surface area contributed by atoms with E-state index in [1.54, 1.807) is 14.2 Å². The third-order valence-electron chi connectivity index (χ3n) is 1.78. The molecule has 0 aliphatic heterocycles. The standard InChI is InChI=1S/C9H16O4.C2H6O.CH4N2O/c10-8(11)6-4-2-1-3-5-7-9(12)13;1-3-2;2-1(3)4/h1-7H2,(H,10,11)(H,12,13);1-2H3;(H4,2,3,4). The number of hydrogen-bond acceptors (Lipinski definition) is 4. The normalized spacial score (nSPS) is 8.50. The fourth-order valence-corrected chi connectivity index (χ4v) is 1.08. The van der Waals surface area contributed by atoms with Crippen molar-refractivity contribution in [1.82, 2.24) is 0 Å². The highest BCUT2D eigenvalue weighted by atomic mass is 16.4. The lowest BCUT2D eigenvalue weighted by atomic mass is 10.1. The zero-order valence-electron chi connectivity index (χ0n) is 12.1. The molecule has 0 saturated heterocycles. The van der Waals surface area contributed by atoms with Gasteiger partial charge < -0.3 is 26.4 Å². The van der Waals surface area contributed by atoms with E-state index in [1.165, 1.54) is 0 Å². The van der Waals surface area contributed by atoms with Gasteiger partial charge in [0, 0.05) is 27.1 Å². The van der Waals surface area contributed by atoms with Crippen molar-refractivity contribution in [1.29, 1.82) is 0 Å². The number of nitrogens with two attached hydrogens (primary N) is 2. The van der Waals surface area contributed by atoms with Gasteiger partial charge in [0.15, 0.2) is 0 Å². The molecule has 0 aromatic carbocycles. The molecule has 0 saturated carbocycles. The van der Waals surface area contributed by atoms with Crippen molar-refractivity contribution in [3.05, 3.63) is 0 Å². The van der Waals surface area contributed by atoms with Crippen LogP contribution in [0.15, 0.2) is 0 Å². The molecule has 0 aromatic heterocycles. The zero-order valence-corrected chi connectivity index (χ0v) is 12.1. The molecular weight excluding hydrogens is 268 g/mol. The van der Waals surface area contributed by atoms with Crippen molar-refractivity contribution in [2.45, 2.75) is 44.9 Å². The number of primary amides is 2. The third kappa shape index (κ3) is 55.7. The number of unbranched alkanes of at least 4 members (excludes halogenated alkanes) is 4. The van der Waals surface area contributed by atoms with Gasteiger partial charge in [-0.1, -0.05) is 19.3 Å². The minimum Gasteiger partial charge on any atom is -0.481 e. The Hall–Kier alpha value is -1.83. The van der Waals surface area contributed by atoms with Gasteiger partial charge in [0.25, 0.3) is 0 Å². The maximum atomic E-state index is 10.1. The molecule has 0 fully saturated rings. The number of carboxylic acids is 2. The molecule has 0 bridgehead atoms. The Kier molecular flexibility index (Phi) is 22.7. The van der Waals surface area contributed by atoms with Crippen LogP contribution in [0.5, 0.6) is 0 Å². The molecule has 6 N–H and O–H groups in total. The van der Waals surface area contributed by atoms with Crippen LogP contribution < -0.4 is 11.5 Å². The zero-order chi connectivity index (χ0) is 16.4. The Bertz CT molecular complexity index is 236. The van der Waals surface area contributed by atoms with Gasteiger partial charge in [-0.25, -0.2) is 4.79 Å². The van der Waals surface area contributed by atoms with Crippen LogP contribution in [0.25, 0.3) is 0 Å². The van der Waals surface area contributed by atoms with E-state index in [1.807, 2.05) is 0 Å². The first-order valence-corrected chi connectivity index (χ1v) is 6.16. The number of aliphatic carboxylic acids is 2. The van der Waals surface area contributed by atoms with E-state index in [4.69, 9.17) is 15.0 Å². The summed E-state index contributed by atoms with van der Waals surface area (Å²) in [5.74, 6) is -1.52. The van der Waals surface area contributed by atoms with Crippen LogP contribution in [0.2, 0.25) is 0 Å². The van der Waals surface area contributed by atoms with Crippen LogP contribution in [-0.2, 0) is 14.3 Å². The molecule has 0 aromatic rings. The van der Waals surface area contributed by atoms with Crippen LogP contribution in [0.4, 0.5) is 4.79 Å². The minimum atomic E-state index is -0.833. The Morgan fingerprint density at radius 3 is 1.20 bits per heavy atom. The largest absolute Gasteiger partial charge is 0.481 e. The SMILES string of the molecule is COC.NC(N)=O.O=C(O)CCCCCCCC(=O)O.